The van der Waals surface area contributed by atoms with Crippen LogP contribution in [0.5, 0.6) is 0 Å². The van der Waals surface area contributed by atoms with Gasteiger partial charge in [-0.15, -0.1) is 0 Å². The summed E-state index contributed by atoms with van der Waals surface area (Å²) in [6.07, 6.45) is 0. The van der Waals surface area contributed by atoms with Crippen molar-refractivity contribution >= 4 is 0 Å². The molecule has 0 unspecified atom stereocenters. The van der Waals surface area contributed by atoms with E-state index in [4.69, 9.17) is 57.6 Å². The third kappa shape index (κ3) is 33.5. The van der Waals surface area contributed by atoms with Gasteiger partial charge < -0.3 is 62.5 Å². The molecule has 0 aliphatic heterocycles. The molecular weight excluding hydrogens is 506 g/mol. The molecule has 0 saturated heterocycles. The fourth-order valence-corrected chi connectivity index (χ4v) is 2.65. The normalized spacial score (nSPS) is 11.7. The first-order valence-electron chi connectivity index (χ1n) is 13.5. The van der Waals surface area contributed by atoms with Gasteiger partial charge in [0.2, 0.25) is 0 Å². The van der Waals surface area contributed by atoms with Crippen LogP contribution in [0.4, 0.5) is 0 Å². The van der Waals surface area contributed by atoms with Crippen LogP contribution in [-0.2, 0) is 47.4 Å². The molecule has 0 aromatic carbocycles. The summed E-state index contributed by atoms with van der Waals surface area (Å²) in [7, 11) is 2.03. The molecule has 0 atom stereocenters. The minimum Gasteiger partial charge on any atom is -0.394 e. The Kier molecular flexibility index (Phi) is 34.0. The fourth-order valence-electron chi connectivity index (χ4n) is 2.65. The summed E-state index contributed by atoms with van der Waals surface area (Å²) in [4.78, 5) is 2.16. The highest BCUT2D eigenvalue weighted by Crippen LogP contribution is 1.88. The number of likely N-dealkylation sites (N-methyl/N-ethyl adjacent to an activating group) is 1. The van der Waals surface area contributed by atoms with Gasteiger partial charge in [0, 0.05) is 13.1 Å². The Bertz CT molecular complexity index is 390. The van der Waals surface area contributed by atoms with Gasteiger partial charge in [-0.1, -0.05) is 0 Å². The predicted octanol–water partition coefficient (Wildman–Crippen LogP) is -0.931. The number of ether oxygens (including phenoxy) is 10. The van der Waals surface area contributed by atoms with E-state index in [1.807, 2.05) is 7.05 Å². The third-order valence-corrected chi connectivity index (χ3v) is 4.68. The Labute approximate surface area is 228 Å². The first-order valence-corrected chi connectivity index (χ1v) is 13.5. The molecule has 0 aliphatic rings. The summed E-state index contributed by atoms with van der Waals surface area (Å²) in [5, 5.41) is 17.1. The summed E-state index contributed by atoms with van der Waals surface area (Å²) in [5.74, 6) is 0. The minimum atomic E-state index is 0.0285. The molecule has 0 rings (SSSR count). The molecule has 0 spiro atoms. The van der Waals surface area contributed by atoms with Gasteiger partial charge in [0.15, 0.2) is 0 Å². The van der Waals surface area contributed by atoms with Crippen molar-refractivity contribution < 1.29 is 57.6 Å². The molecular formula is C25H53NO12. The lowest BCUT2D eigenvalue weighted by atomic mass is 10.5. The number of nitrogens with zero attached hydrogens (tertiary/aromatic N) is 1. The van der Waals surface area contributed by atoms with Gasteiger partial charge in [-0.2, -0.15) is 0 Å². The van der Waals surface area contributed by atoms with Crippen molar-refractivity contribution in [3.63, 3.8) is 0 Å². The molecule has 0 aromatic rings. The monoisotopic (exact) mass is 559 g/mol. The Hall–Kier alpha value is -0.520. The van der Waals surface area contributed by atoms with Crippen LogP contribution in [0.2, 0.25) is 0 Å². The molecule has 0 fully saturated rings. The van der Waals surface area contributed by atoms with Crippen LogP contribution < -0.4 is 0 Å². The summed E-state index contributed by atoms with van der Waals surface area (Å²) in [6, 6.07) is 0. The van der Waals surface area contributed by atoms with E-state index in [9.17, 15) is 0 Å². The van der Waals surface area contributed by atoms with Gasteiger partial charge in [0.25, 0.3) is 0 Å². The first-order chi connectivity index (χ1) is 18.8. The predicted molar refractivity (Wildman–Crippen MR) is 140 cm³/mol. The van der Waals surface area contributed by atoms with Crippen LogP contribution in [0.15, 0.2) is 0 Å². The second-order valence-electron chi connectivity index (χ2n) is 7.87. The summed E-state index contributed by atoms with van der Waals surface area (Å²) in [5.41, 5.74) is 0. The first kappa shape index (κ1) is 37.5. The zero-order valence-electron chi connectivity index (χ0n) is 23.4. The molecule has 0 amide bonds. The van der Waals surface area contributed by atoms with Crippen molar-refractivity contribution in [1.29, 1.82) is 0 Å². The van der Waals surface area contributed by atoms with Crippen molar-refractivity contribution in [2.24, 2.45) is 0 Å². The SMILES string of the molecule is CN(CCOCCOCCOCCOCCOCCO)CCOCCOCCOCCOCCOCCO. The maximum absolute atomic E-state index is 8.57. The fraction of sp³-hybridized carbons (Fsp3) is 1.00. The average molecular weight is 560 g/mol. The maximum Gasteiger partial charge on any atom is 0.0701 e. The zero-order chi connectivity index (χ0) is 27.6. The van der Waals surface area contributed by atoms with Gasteiger partial charge in [-0.05, 0) is 7.05 Å². The van der Waals surface area contributed by atoms with E-state index < -0.39 is 0 Å². The number of rotatable bonds is 34. The number of hydrogen-bond acceptors (Lipinski definition) is 13. The standard InChI is InChI=1S/C25H53NO12/c1-26(2-6-29-10-14-33-18-22-37-24-20-35-16-12-31-8-4-27)3-7-30-11-15-34-19-23-38-25-21-36-17-13-32-9-5-28/h27-28H,2-25H2,1H3. The molecule has 0 aliphatic carbocycles. The van der Waals surface area contributed by atoms with Crippen molar-refractivity contribution in [3.05, 3.63) is 0 Å². The second kappa shape index (κ2) is 34.5. The van der Waals surface area contributed by atoms with Crippen molar-refractivity contribution in [2.45, 2.75) is 0 Å². The molecule has 0 saturated carbocycles. The number of aliphatic hydroxyl groups is 2. The Morgan fingerprint density at radius 2 is 0.500 bits per heavy atom. The van der Waals surface area contributed by atoms with Crippen LogP contribution in [-0.4, -0.2) is 181 Å². The van der Waals surface area contributed by atoms with Crippen molar-refractivity contribution in [2.75, 3.05) is 165 Å². The highest BCUT2D eigenvalue weighted by atomic mass is 16.6. The lowest BCUT2D eigenvalue weighted by Gasteiger charge is -2.16. The quantitative estimate of drug-likeness (QED) is 0.0941. The van der Waals surface area contributed by atoms with Gasteiger partial charge in [-0.3, -0.25) is 0 Å². The summed E-state index contributed by atoms with van der Waals surface area (Å²) >= 11 is 0. The number of hydrogen-bond donors (Lipinski definition) is 2. The number of aliphatic hydroxyl groups excluding tert-OH is 2. The highest BCUT2D eigenvalue weighted by Gasteiger charge is 1.99. The van der Waals surface area contributed by atoms with Gasteiger partial charge in [0.05, 0.1) is 145 Å². The molecule has 0 radical (unpaired) electrons. The Morgan fingerprint density at radius 1 is 0.316 bits per heavy atom. The smallest absolute Gasteiger partial charge is 0.0701 e. The average Bonchev–Trinajstić information content (AvgIpc) is 2.92. The van der Waals surface area contributed by atoms with Crippen LogP contribution in [0, 0.1) is 0 Å². The van der Waals surface area contributed by atoms with E-state index in [0.717, 1.165) is 13.1 Å². The van der Waals surface area contributed by atoms with Crippen molar-refractivity contribution in [1.82, 2.24) is 4.90 Å². The van der Waals surface area contributed by atoms with Crippen LogP contribution in [0.25, 0.3) is 0 Å². The molecule has 0 heterocycles. The minimum absolute atomic E-state index is 0.0285. The van der Waals surface area contributed by atoms with Crippen LogP contribution in [0.1, 0.15) is 0 Å². The molecule has 230 valence electrons. The molecule has 13 heteroatoms. The van der Waals surface area contributed by atoms with Gasteiger partial charge >= 0.3 is 0 Å². The second-order valence-corrected chi connectivity index (χ2v) is 7.87. The zero-order valence-corrected chi connectivity index (χ0v) is 23.4. The Morgan fingerprint density at radius 3 is 0.711 bits per heavy atom. The van der Waals surface area contributed by atoms with E-state index in [-0.39, 0.29) is 13.2 Å². The largest absolute Gasteiger partial charge is 0.394 e. The van der Waals surface area contributed by atoms with Crippen molar-refractivity contribution in [3.8, 4) is 0 Å². The summed E-state index contributed by atoms with van der Waals surface area (Å²) < 4.78 is 53.8. The highest BCUT2D eigenvalue weighted by molar-refractivity contribution is 4.50. The lowest BCUT2D eigenvalue weighted by Crippen LogP contribution is -2.28. The maximum atomic E-state index is 8.57. The topological polar surface area (TPSA) is 136 Å². The molecule has 0 aromatic heterocycles. The van der Waals surface area contributed by atoms with E-state index in [1.165, 1.54) is 0 Å². The molecule has 2 N–H and O–H groups in total. The molecule has 13 nitrogen and oxygen atoms in total. The van der Waals surface area contributed by atoms with Gasteiger partial charge in [0.1, 0.15) is 0 Å². The third-order valence-electron chi connectivity index (χ3n) is 4.68. The van der Waals surface area contributed by atoms with E-state index in [0.29, 0.717) is 132 Å². The van der Waals surface area contributed by atoms with Crippen LogP contribution in [0.3, 0.4) is 0 Å². The Balaban J connectivity index is 3.13. The molecule has 0 bridgehead atoms. The van der Waals surface area contributed by atoms with Crippen LogP contribution >= 0.6 is 0 Å². The van der Waals surface area contributed by atoms with E-state index in [1.54, 1.807) is 0 Å². The van der Waals surface area contributed by atoms with E-state index >= 15 is 0 Å². The molecule has 38 heavy (non-hydrogen) atoms. The summed E-state index contributed by atoms with van der Waals surface area (Å²) in [6.45, 7) is 11.9. The lowest BCUT2D eigenvalue weighted by molar-refractivity contribution is -0.0162. The van der Waals surface area contributed by atoms with E-state index in [2.05, 4.69) is 4.90 Å². The van der Waals surface area contributed by atoms with Gasteiger partial charge in [-0.25, -0.2) is 0 Å².